The van der Waals surface area contributed by atoms with E-state index in [1.807, 2.05) is 30.3 Å². The van der Waals surface area contributed by atoms with Gasteiger partial charge in [-0.15, -0.1) is 15.3 Å². The van der Waals surface area contributed by atoms with Gasteiger partial charge >= 0.3 is 0 Å². The summed E-state index contributed by atoms with van der Waals surface area (Å²) in [5.41, 5.74) is 7.67. The first-order valence-electron chi connectivity index (χ1n) is 8.99. The summed E-state index contributed by atoms with van der Waals surface area (Å²) in [5, 5.41) is 17.2. The molecule has 0 radical (unpaired) electrons. The van der Waals surface area contributed by atoms with E-state index in [1.165, 1.54) is 11.3 Å². The lowest BCUT2D eigenvalue weighted by atomic mass is 10.0. The third-order valence-corrected chi connectivity index (χ3v) is 5.34. The highest BCUT2D eigenvalue weighted by Crippen LogP contribution is 2.29. The summed E-state index contributed by atoms with van der Waals surface area (Å²) < 4.78 is 3.57. The topological polar surface area (TPSA) is 77.0 Å². The van der Waals surface area contributed by atoms with Crippen molar-refractivity contribution in [2.45, 2.75) is 26.8 Å². The van der Waals surface area contributed by atoms with E-state index in [0.29, 0.717) is 0 Å². The lowest BCUT2D eigenvalue weighted by molar-refractivity contribution is 0.688. The molecule has 0 atom stereocenters. The maximum Gasteiger partial charge on any atom is 0.180 e. The van der Waals surface area contributed by atoms with Gasteiger partial charge in [-0.05, 0) is 25.5 Å². The largest absolute Gasteiger partial charge is 0.350 e. The second-order valence-corrected chi connectivity index (χ2v) is 7.08. The van der Waals surface area contributed by atoms with E-state index < -0.39 is 0 Å². The van der Waals surface area contributed by atoms with Crippen LogP contribution in [0.25, 0.3) is 16.8 Å². The van der Waals surface area contributed by atoms with Gasteiger partial charge in [0.1, 0.15) is 6.33 Å². The van der Waals surface area contributed by atoms with Crippen LogP contribution < -0.4 is 4.90 Å². The highest BCUT2D eigenvalue weighted by molar-refractivity contribution is 5.63. The van der Waals surface area contributed by atoms with Gasteiger partial charge in [0.05, 0.1) is 6.20 Å². The Hall–Kier alpha value is -3.29. The van der Waals surface area contributed by atoms with Crippen LogP contribution in [0.1, 0.15) is 22.4 Å². The number of nitrogens with zero attached hydrogens (tertiary/aromatic N) is 8. The van der Waals surface area contributed by atoms with Crippen LogP contribution in [0.15, 0.2) is 31.0 Å². The molecule has 0 saturated carbocycles. The number of fused-ring (bicyclic) bond motifs is 2. The van der Waals surface area contributed by atoms with Gasteiger partial charge in [0.2, 0.25) is 0 Å². The molecule has 8 heteroatoms. The van der Waals surface area contributed by atoms with Crippen LogP contribution in [-0.2, 0) is 20.0 Å². The molecule has 4 aromatic heterocycles. The maximum atomic E-state index is 4.76. The van der Waals surface area contributed by atoms with Crippen molar-refractivity contribution in [1.82, 2.24) is 34.6 Å². The van der Waals surface area contributed by atoms with Gasteiger partial charge in [-0.3, -0.25) is 9.67 Å². The zero-order valence-corrected chi connectivity index (χ0v) is 15.6. The highest BCUT2D eigenvalue weighted by Gasteiger charge is 2.22. The summed E-state index contributed by atoms with van der Waals surface area (Å²) in [6, 6.07) is 2.23. The number of hydrogen-bond donors (Lipinski definition) is 0. The number of anilines is 1. The van der Waals surface area contributed by atoms with E-state index >= 15 is 0 Å². The van der Waals surface area contributed by atoms with E-state index in [9.17, 15) is 0 Å². The molecule has 4 aromatic rings. The Balaban J connectivity index is 1.53. The second-order valence-electron chi connectivity index (χ2n) is 7.08. The monoisotopic (exact) mass is 360 g/mol. The first-order valence-corrected chi connectivity index (χ1v) is 8.99. The van der Waals surface area contributed by atoms with Crippen molar-refractivity contribution in [3.8, 4) is 11.1 Å². The Morgan fingerprint density at radius 2 is 1.96 bits per heavy atom. The van der Waals surface area contributed by atoms with Gasteiger partial charge in [-0.2, -0.15) is 9.61 Å². The van der Waals surface area contributed by atoms with Gasteiger partial charge in [-0.25, -0.2) is 0 Å². The van der Waals surface area contributed by atoms with Crippen LogP contribution in [0.5, 0.6) is 0 Å². The third-order valence-electron chi connectivity index (χ3n) is 5.34. The van der Waals surface area contributed by atoms with E-state index in [4.69, 9.17) is 10.1 Å². The van der Waals surface area contributed by atoms with Gasteiger partial charge in [0.15, 0.2) is 11.5 Å². The molecular weight excluding hydrogens is 340 g/mol. The summed E-state index contributed by atoms with van der Waals surface area (Å²) in [6.45, 7) is 5.86. The molecule has 0 unspecified atom stereocenters. The molecule has 0 saturated heterocycles. The fourth-order valence-electron chi connectivity index (χ4n) is 3.70. The predicted molar refractivity (Wildman–Crippen MR) is 101 cm³/mol. The van der Waals surface area contributed by atoms with Crippen LogP contribution in [0, 0.1) is 13.8 Å². The van der Waals surface area contributed by atoms with Crippen molar-refractivity contribution in [2.75, 3.05) is 11.4 Å². The number of hydrogen-bond acceptors (Lipinski definition) is 6. The minimum absolute atomic E-state index is 0.789. The Bertz CT molecular complexity index is 1160. The zero-order chi connectivity index (χ0) is 18.5. The molecule has 1 aliphatic rings. The van der Waals surface area contributed by atoms with Crippen LogP contribution in [-0.4, -0.2) is 41.1 Å². The molecule has 8 nitrogen and oxygen atoms in total. The van der Waals surface area contributed by atoms with Crippen LogP contribution >= 0.6 is 0 Å². The zero-order valence-electron chi connectivity index (χ0n) is 15.6. The van der Waals surface area contributed by atoms with Crippen molar-refractivity contribution in [1.29, 1.82) is 0 Å². The number of aromatic nitrogens is 7. The van der Waals surface area contributed by atoms with Crippen LogP contribution in [0.4, 0.5) is 5.82 Å². The molecule has 0 aliphatic carbocycles. The third kappa shape index (κ3) is 2.56. The molecule has 1 aliphatic heterocycles. The molecule has 0 fully saturated rings. The SMILES string of the molecule is Cc1c(N2CCc3ncc(-c4cnn(C)c4)cc3C2)nn2cnnc2c1C. The van der Waals surface area contributed by atoms with Crippen LogP contribution in [0.3, 0.4) is 0 Å². The number of aryl methyl sites for hydroxylation is 2. The molecule has 5 heterocycles. The number of pyridine rings is 1. The average Bonchev–Trinajstić information content (AvgIpc) is 3.33. The van der Waals surface area contributed by atoms with E-state index in [1.54, 1.807) is 10.8 Å². The first-order chi connectivity index (χ1) is 13.1. The Morgan fingerprint density at radius 1 is 1.07 bits per heavy atom. The summed E-state index contributed by atoms with van der Waals surface area (Å²) in [7, 11) is 1.93. The molecule has 0 amide bonds. The minimum Gasteiger partial charge on any atom is -0.350 e. The lowest BCUT2D eigenvalue weighted by Crippen LogP contribution is -2.32. The summed E-state index contributed by atoms with van der Waals surface area (Å²) in [5.74, 6) is 0.984. The Morgan fingerprint density at radius 3 is 2.78 bits per heavy atom. The van der Waals surface area contributed by atoms with Gasteiger partial charge in [0, 0.05) is 66.9 Å². The van der Waals surface area contributed by atoms with Gasteiger partial charge in [-0.1, -0.05) is 0 Å². The van der Waals surface area contributed by atoms with Crippen molar-refractivity contribution in [3.63, 3.8) is 0 Å². The summed E-state index contributed by atoms with van der Waals surface area (Å²) in [4.78, 5) is 7.02. The summed E-state index contributed by atoms with van der Waals surface area (Å²) in [6.07, 6.45) is 8.40. The molecule has 0 aromatic carbocycles. The molecule has 27 heavy (non-hydrogen) atoms. The molecule has 136 valence electrons. The van der Waals surface area contributed by atoms with Crippen molar-refractivity contribution >= 4 is 11.5 Å². The normalized spacial score (nSPS) is 14.0. The highest BCUT2D eigenvalue weighted by atomic mass is 15.4. The van der Waals surface area contributed by atoms with Crippen molar-refractivity contribution in [2.24, 2.45) is 7.05 Å². The van der Waals surface area contributed by atoms with Gasteiger partial charge < -0.3 is 4.90 Å². The Kier molecular flexibility index (Phi) is 3.46. The molecule has 5 rings (SSSR count). The standard InChI is InChI=1S/C19H20N8/c1-12-13(2)19(24-27-11-21-23-18(12)27)26-5-4-17-15(10-26)6-14(7-20-17)16-8-22-25(3)9-16/h6-9,11H,4-5,10H2,1-3H3. The quantitative estimate of drug-likeness (QED) is 0.545. The van der Waals surface area contributed by atoms with E-state index in [0.717, 1.165) is 53.2 Å². The lowest BCUT2D eigenvalue weighted by Gasteiger charge is -2.30. The maximum absolute atomic E-state index is 4.76. The van der Waals surface area contributed by atoms with Crippen molar-refractivity contribution in [3.05, 3.63) is 53.4 Å². The predicted octanol–water partition coefficient (Wildman–Crippen LogP) is 2.10. The summed E-state index contributed by atoms with van der Waals surface area (Å²) >= 11 is 0. The van der Waals surface area contributed by atoms with E-state index in [2.05, 4.69) is 40.1 Å². The Labute approximate surface area is 156 Å². The average molecular weight is 360 g/mol. The first kappa shape index (κ1) is 15.9. The van der Waals surface area contributed by atoms with Gasteiger partial charge in [0.25, 0.3) is 0 Å². The molecule has 0 bridgehead atoms. The van der Waals surface area contributed by atoms with Crippen LogP contribution in [0.2, 0.25) is 0 Å². The fourth-order valence-corrected chi connectivity index (χ4v) is 3.70. The van der Waals surface area contributed by atoms with E-state index in [-0.39, 0.29) is 0 Å². The minimum atomic E-state index is 0.789. The molecule has 0 spiro atoms. The second kappa shape index (κ2) is 5.87. The molecular formula is C19H20N8. The number of rotatable bonds is 2. The molecule has 0 N–H and O–H groups in total. The smallest absolute Gasteiger partial charge is 0.180 e. The fraction of sp³-hybridized carbons (Fsp3) is 0.316. The van der Waals surface area contributed by atoms with Crippen molar-refractivity contribution < 1.29 is 0 Å².